The summed E-state index contributed by atoms with van der Waals surface area (Å²) in [7, 11) is 0. The van der Waals surface area contributed by atoms with Crippen LogP contribution in [0.4, 0.5) is 0 Å². The molecule has 1 fully saturated rings. The van der Waals surface area contributed by atoms with Gasteiger partial charge in [-0.1, -0.05) is 29.3 Å². The van der Waals surface area contributed by atoms with Gasteiger partial charge in [-0.3, -0.25) is 9.69 Å². The van der Waals surface area contributed by atoms with Crippen LogP contribution in [0.1, 0.15) is 31.9 Å². The fourth-order valence-corrected chi connectivity index (χ4v) is 3.37. The summed E-state index contributed by atoms with van der Waals surface area (Å²) in [6.07, 6.45) is 0.937. The van der Waals surface area contributed by atoms with Gasteiger partial charge in [0.15, 0.2) is 0 Å². The molecule has 1 aliphatic rings. The maximum absolute atomic E-state index is 12.4. The van der Waals surface area contributed by atoms with Crippen LogP contribution in [0.2, 0.25) is 10.0 Å². The van der Waals surface area contributed by atoms with Crippen molar-refractivity contribution in [3.05, 3.63) is 33.8 Å². The van der Waals surface area contributed by atoms with Crippen LogP contribution in [0.5, 0.6) is 0 Å². The number of amides is 1. The van der Waals surface area contributed by atoms with Gasteiger partial charge in [-0.15, -0.1) is 0 Å². The van der Waals surface area contributed by atoms with Gasteiger partial charge in [-0.2, -0.15) is 0 Å². The number of likely N-dealkylation sites (tertiary alicyclic amines) is 1. The lowest BCUT2D eigenvalue weighted by atomic mass is 10.1. The van der Waals surface area contributed by atoms with Gasteiger partial charge in [-0.05, 0) is 50.4 Å². The standard InChI is InChI=1S/C16H22Cl2N2O2/c1-10(14-4-3-13(17)7-15(14)18)19-16(22)11(2)20-6-5-12(8-20)9-21/h3-4,7,10-12,21H,5-6,8-9H2,1-2H3,(H,19,22). The van der Waals surface area contributed by atoms with Crippen LogP contribution in [0.25, 0.3) is 0 Å². The van der Waals surface area contributed by atoms with E-state index in [4.69, 9.17) is 23.2 Å². The summed E-state index contributed by atoms with van der Waals surface area (Å²) >= 11 is 12.1. The predicted octanol–water partition coefficient (Wildman–Crippen LogP) is 2.87. The zero-order valence-corrected chi connectivity index (χ0v) is 14.4. The van der Waals surface area contributed by atoms with E-state index in [-0.39, 0.29) is 30.5 Å². The van der Waals surface area contributed by atoms with Gasteiger partial charge in [0, 0.05) is 23.2 Å². The van der Waals surface area contributed by atoms with Crippen molar-refractivity contribution in [1.82, 2.24) is 10.2 Å². The molecule has 0 aromatic heterocycles. The molecule has 0 aliphatic carbocycles. The molecule has 3 unspecified atom stereocenters. The lowest BCUT2D eigenvalue weighted by molar-refractivity contribution is -0.126. The minimum Gasteiger partial charge on any atom is -0.396 e. The molecule has 0 bridgehead atoms. The molecule has 6 heteroatoms. The van der Waals surface area contributed by atoms with Gasteiger partial charge >= 0.3 is 0 Å². The second-order valence-corrected chi connectivity index (χ2v) is 6.75. The van der Waals surface area contributed by atoms with Crippen LogP contribution in [0.15, 0.2) is 18.2 Å². The SMILES string of the molecule is CC(NC(=O)C(C)N1CCC(CO)C1)c1ccc(Cl)cc1Cl. The Hall–Kier alpha value is -0.810. The number of rotatable bonds is 5. The molecule has 1 amide bonds. The molecule has 1 saturated heterocycles. The van der Waals surface area contributed by atoms with E-state index in [1.807, 2.05) is 19.9 Å². The van der Waals surface area contributed by atoms with Gasteiger partial charge in [-0.25, -0.2) is 0 Å². The summed E-state index contributed by atoms with van der Waals surface area (Å²) in [5, 5.41) is 13.3. The molecule has 1 aromatic carbocycles. The highest BCUT2D eigenvalue weighted by molar-refractivity contribution is 6.35. The Labute approximate surface area is 141 Å². The van der Waals surface area contributed by atoms with E-state index in [1.165, 1.54) is 0 Å². The zero-order valence-electron chi connectivity index (χ0n) is 12.9. The normalized spacial score (nSPS) is 21.6. The lowest BCUT2D eigenvalue weighted by Crippen LogP contribution is -2.45. The first-order valence-electron chi connectivity index (χ1n) is 7.52. The van der Waals surface area contributed by atoms with Crippen molar-refractivity contribution in [2.45, 2.75) is 32.4 Å². The Balaban J connectivity index is 1.96. The van der Waals surface area contributed by atoms with Gasteiger partial charge in [0.25, 0.3) is 0 Å². The van der Waals surface area contributed by atoms with Crippen LogP contribution in [-0.2, 0) is 4.79 Å². The number of hydrogen-bond donors (Lipinski definition) is 2. The minimum absolute atomic E-state index is 0.0305. The smallest absolute Gasteiger partial charge is 0.237 e. The molecule has 122 valence electrons. The first-order chi connectivity index (χ1) is 10.4. The van der Waals surface area contributed by atoms with E-state index in [9.17, 15) is 9.90 Å². The Kier molecular flexibility index (Phi) is 6.09. The van der Waals surface area contributed by atoms with Crippen molar-refractivity contribution in [3.63, 3.8) is 0 Å². The Bertz CT molecular complexity index is 539. The highest BCUT2D eigenvalue weighted by Gasteiger charge is 2.29. The number of carbonyl (C=O) groups excluding carboxylic acids is 1. The fraction of sp³-hybridized carbons (Fsp3) is 0.562. The van der Waals surface area contributed by atoms with Crippen molar-refractivity contribution in [2.75, 3.05) is 19.7 Å². The first-order valence-corrected chi connectivity index (χ1v) is 8.28. The number of aliphatic hydroxyl groups is 1. The van der Waals surface area contributed by atoms with Gasteiger partial charge in [0.2, 0.25) is 5.91 Å². The number of benzene rings is 1. The summed E-state index contributed by atoms with van der Waals surface area (Å²) in [6, 6.07) is 4.87. The maximum atomic E-state index is 12.4. The molecule has 1 aromatic rings. The van der Waals surface area contributed by atoms with Gasteiger partial charge in [0.1, 0.15) is 0 Å². The topological polar surface area (TPSA) is 52.6 Å². The summed E-state index contributed by atoms with van der Waals surface area (Å²) in [5.74, 6) is 0.246. The van der Waals surface area contributed by atoms with Gasteiger partial charge in [0.05, 0.1) is 12.1 Å². The lowest BCUT2D eigenvalue weighted by Gasteiger charge is -2.25. The average molecular weight is 345 g/mol. The average Bonchev–Trinajstić information content (AvgIpc) is 2.95. The molecule has 0 spiro atoms. The summed E-state index contributed by atoms with van der Waals surface area (Å²) in [6.45, 7) is 5.59. The van der Waals surface area contributed by atoms with Crippen molar-refractivity contribution in [1.29, 1.82) is 0 Å². The van der Waals surface area contributed by atoms with Crippen LogP contribution < -0.4 is 5.32 Å². The monoisotopic (exact) mass is 344 g/mol. The van der Waals surface area contributed by atoms with E-state index in [1.54, 1.807) is 12.1 Å². The third kappa shape index (κ3) is 4.13. The highest BCUT2D eigenvalue weighted by Crippen LogP contribution is 2.26. The highest BCUT2D eigenvalue weighted by atomic mass is 35.5. The number of carbonyl (C=O) groups is 1. The van der Waals surface area contributed by atoms with E-state index in [2.05, 4.69) is 10.2 Å². The minimum atomic E-state index is -0.218. The molecule has 2 N–H and O–H groups in total. The predicted molar refractivity (Wildman–Crippen MR) is 89.2 cm³/mol. The van der Waals surface area contributed by atoms with Crippen molar-refractivity contribution < 1.29 is 9.90 Å². The van der Waals surface area contributed by atoms with E-state index in [0.717, 1.165) is 25.1 Å². The number of hydrogen-bond acceptors (Lipinski definition) is 3. The number of halogens is 2. The third-order valence-corrected chi connectivity index (χ3v) is 4.85. The largest absolute Gasteiger partial charge is 0.396 e. The molecule has 2 rings (SSSR count). The molecule has 1 aliphatic heterocycles. The van der Waals surface area contributed by atoms with Crippen molar-refractivity contribution in [2.24, 2.45) is 5.92 Å². The molecule has 3 atom stereocenters. The number of nitrogens with one attached hydrogen (secondary N) is 1. The fourth-order valence-electron chi connectivity index (χ4n) is 2.79. The Morgan fingerprint density at radius 1 is 1.45 bits per heavy atom. The second kappa shape index (κ2) is 7.64. The van der Waals surface area contributed by atoms with Gasteiger partial charge < -0.3 is 10.4 Å². The Morgan fingerprint density at radius 3 is 2.77 bits per heavy atom. The molecular formula is C16H22Cl2N2O2. The van der Waals surface area contributed by atoms with E-state index >= 15 is 0 Å². The van der Waals surface area contributed by atoms with E-state index in [0.29, 0.717) is 10.0 Å². The van der Waals surface area contributed by atoms with Crippen molar-refractivity contribution in [3.8, 4) is 0 Å². The Morgan fingerprint density at radius 2 is 2.18 bits per heavy atom. The third-order valence-electron chi connectivity index (χ3n) is 4.29. The van der Waals surface area contributed by atoms with Crippen molar-refractivity contribution >= 4 is 29.1 Å². The van der Waals surface area contributed by atoms with Crippen LogP contribution in [0, 0.1) is 5.92 Å². The molecule has 22 heavy (non-hydrogen) atoms. The molecule has 4 nitrogen and oxygen atoms in total. The summed E-state index contributed by atoms with van der Waals surface area (Å²) in [4.78, 5) is 14.5. The quantitative estimate of drug-likeness (QED) is 0.863. The van der Waals surface area contributed by atoms with Crippen LogP contribution >= 0.6 is 23.2 Å². The number of nitrogens with zero attached hydrogens (tertiary/aromatic N) is 1. The van der Waals surface area contributed by atoms with Crippen LogP contribution in [0.3, 0.4) is 0 Å². The van der Waals surface area contributed by atoms with E-state index < -0.39 is 0 Å². The molecule has 0 radical (unpaired) electrons. The molecule has 1 heterocycles. The van der Waals surface area contributed by atoms with Crippen LogP contribution in [-0.4, -0.2) is 41.7 Å². The maximum Gasteiger partial charge on any atom is 0.237 e. The molecular weight excluding hydrogens is 323 g/mol. The summed E-state index contributed by atoms with van der Waals surface area (Å²) in [5.41, 5.74) is 0.848. The number of aliphatic hydroxyl groups excluding tert-OH is 1. The zero-order chi connectivity index (χ0) is 16.3. The molecule has 0 saturated carbocycles. The summed E-state index contributed by atoms with van der Waals surface area (Å²) < 4.78 is 0. The second-order valence-electron chi connectivity index (χ2n) is 5.90. The first kappa shape index (κ1) is 17.5.